The van der Waals surface area contributed by atoms with Crippen LogP contribution < -0.4 is 5.32 Å². The van der Waals surface area contributed by atoms with Gasteiger partial charge < -0.3 is 10.3 Å². The normalized spacial score (nSPS) is 12.3. The quantitative estimate of drug-likeness (QED) is 0.671. The molecule has 0 aliphatic carbocycles. The second kappa shape index (κ2) is 7.23. The molecule has 2 heterocycles. The van der Waals surface area contributed by atoms with Crippen molar-refractivity contribution in [1.29, 1.82) is 0 Å². The molecule has 28 heavy (non-hydrogen) atoms. The number of aromatic amines is 1. The maximum Gasteiger partial charge on any atom is 0.449 e. The number of pyridine rings is 1. The van der Waals surface area contributed by atoms with Crippen molar-refractivity contribution in [2.45, 2.75) is 24.5 Å². The Kier molecular flexibility index (Phi) is 5.11. The summed E-state index contributed by atoms with van der Waals surface area (Å²) in [5.41, 5.74) is 0.769. The zero-order chi connectivity index (χ0) is 20.5. The molecule has 7 nitrogen and oxygen atoms in total. The standard InChI is InChI=1S/C17H15F3N4O3S/c1-2-28(26,27)12-5-4-11(21-9-12)8-22-15(25)10-3-6-13-14(7-10)24-16(23-13)17(18,19)20/h3-7,9H,2,8H2,1H3,(H,22,25)(H,23,24). The largest absolute Gasteiger partial charge is 0.449 e. The summed E-state index contributed by atoms with van der Waals surface area (Å²) in [5.74, 6) is -1.69. The number of aromatic nitrogens is 3. The number of benzene rings is 1. The summed E-state index contributed by atoms with van der Waals surface area (Å²) in [7, 11) is -3.36. The Bertz CT molecular complexity index is 1120. The maximum absolute atomic E-state index is 12.7. The van der Waals surface area contributed by atoms with Gasteiger partial charge in [-0.25, -0.2) is 13.4 Å². The molecule has 0 spiro atoms. The van der Waals surface area contributed by atoms with E-state index in [1.54, 1.807) is 0 Å². The first-order valence-corrected chi connectivity index (χ1v) is 9.78. The molecule has 0 radical (unpaired) electrons. The van der Waals surface area contributed by atoms with Gasteiger partial charge in [-0.05, 0) is 30.3 Å². The van der Waals surface area contributed by atoms with Crippen molar-refractivity contribution in [3.63, 3.8) is 0 Å². The number of imidazole rings is 1. The average Bonchev–Trinajstić information content (AvgIpc) is 3.10. The number of alkyl halides is 3. The second-order valence-electron chi connectivity index (χ2n) is 5.89. The van der Waals surface area contributed by atoms with Gasteiger partial charge in [0.05, 0.1) is 33.9 Å². The van der Waals surface area contributed by atoms with Crippen molar-refractivity contribution in [2.75, 3.05) is 5.75 Å². The number of hydrogen-bond acceptors (Lipinski definition) is 5. The van der Waals surface area contributed by atoms with E-state index >= 15 is 0 Å². The van der Waals surface area contributed by atoms with Crippen molar-refractivity contribution >= 4 is 26.8 Å². The van der Waals surface area contributed by atoms with Crippen LogP contribution in [0.2, 0.25) is 0 Å². The molecule has 0 unspecified atom stereocenters. The van der Waals surface area contributed by atoms with Gasteiger partial charge in [-0.3, -0.25) is 9.78 Å². The van der Waals surface area contributed by atoms with Gasteiger partial charge in [-0.2, -0.15) is 13.2 Å². The first-order valence-electron chi connectivity index (χ1n) is 8.13. The van der Waals surface area contributed by atoms with E-state index in [9.17, 15) is 26.4 Å². The molecule has 0 aliphatic rings. The number of sulfone groups is 1. The molecule has 1 aromatic carbocycles. The summed E-state index contributed by atoms with van der Waals surface area (Å²) in [6.45, 7) is 1.55. The van der Waals surface area contributed by atoms with E-state index in [0.29, 0.717) is 5.69 Å². The third-order valence-corrected chi connectivity index (χ3v) is 5.70. The molecule has 0 saturated carbocycles. The summed E-state index contributed by atoms with van der Waals surface area (Å²) in [6.07, 6.45) is -3.39. The Labute approximate surface area is 157 Å². The van der Waals surface area contributed by atoms with Crippen LogP contribution >= 0.6 is 0 Å². The lowest BCUT2D eigenvalue weighted by Crippen LogP contribution is -2.23. The number of carbonyl (C=O) groups is 1. The molecule has 3 aromatic rings. The summed E-state index contributed by atoms with van der Waals surface area (Å²) in [4.78, 5) is 21.9. The number of hydrogen-bond donors (Lipinski definition) is 2. The fourth-order valence-corrected chi connectivity index (χ4v) is 3.25. The van der Waals surface area contributed by atoms with Crippen LogP contribution in [0.5, 0.6) is 0 Å². The highest BCUT2D eigenvalue weighted by Gasteiger charge is 2.34. The summed E-state index contributed by atoms with van der Waals surface area (Å²) in [5, 5.41) is 2.58. The van der Waals surface area contributed by atoms with Gasteiger partial charge in [0.15, 0.2) is 9.84 Å². The van der Waals surface area contributed by atoms with Gasteiger partial charge >= 0.3 is 6.18 Å². The number of halogens is 3. The van der Waals surface area contributed by atoms with Crippen LogP contribution in [-0.2, 0) is 22.6 Å². The van der Waals surface area contributed by atoms with Crippen molar-refractivity contribution in [3.05, 3.63) is 53.6 Å². The Morgan fingerprint density at radius 3 is 2.57 bits per heavy atom. The van der Waals surface area contributed by atoms with E-state index in [1.807, 2.05) is 0 Å². The SMILES string of the molecule is CCS(=O)(=O)c1ccc(CNC(=O)c2ccc3nc(C(F)(F)F)[nH]c3c2)nc1. The number of amides is 1. The lowest BCUT2D eigenvalue weighted by molar-refractivity contribution is -0.144. The zero-order valence-corrected chi connectivity index (χ0v) is 15.4. The van der Waals surface area contributed by atoms with Crippen molar-refractivity contribution in [3.8, 4) is 0 Å². The van der Waals surface area contributed by atoms with Gasteiger partial charge in [0.2, 0.25) is 5.82 Å². The van der Waals surface area contributed by atoms with E-state index in [1.165, 1.54) is 43.5 Å². The first kappa shape index (κ1) is 19.8. The van der Waals surface area contributed by atoms with E-state index in [4.69, 9.17) is 0 Å². The molecule has 3 rings (SSSR count). The van der Waals surface area contributed by atoms with Crippen LogP contribution in [0.3, 0.4) is 0 Å². The molecule has 0 fully saturated rings. The third-order valence-electron chi connectivity index (χ3n) is 3.98. The number of nitrogens with zero attached hydrogens (tertiary/aromatic N) is 2. The van der Waals surface area contributed by atoms with E-state index in [2.05, 4.69) is 20.3 Å². The number of fused-ring (bicyclic) bond motifs is 1. The summed E-state index contributed by atoms with van der Waals surface area (Å²) in [6, 6.07) is 6.85. The van der Waals surface area contributed by atoms with Crippen LogP contribution in [-0.4, -0.2) is 35.0 Å². The molecule has 0 saturated heterocycles. The molecule has 0 bridgehead atoms. The van der Waals surface area contributed by atoms with Crippen molar-refractivity contribution < 1.29 is 26.4 Å². The van der Waals surface area contributed by atoms with E-state index in [-0.39, 0.29) is 33.8 Å². The third kappa shape index (κ3) is 4.14. The van der Waals surface area contributed by atoms with Crippen LogP contribution in [0.25, 0.3) is 11.0 Å². The van der Waals surface area contributed by atoms with Crippen LogP contribution in [0.15, 0.2) is 41.4 Å². The molecule has 2 aromatic heterocycles. The average molecular weight is 412 g/mol. The molecule has 11 heteroatoms. The van der Waals surface area contributed by atoms with Crippen LogP contribution in [0.1, 0.15) is 28.8 Å². The smallest absolute Gasteiger partial charge is 0.346 e. The second-order valence-corrected chi connectivity index (χ2v) is 8.16. The monoisotopic (exact) mass is 412 g/mol. The van der Waals surface area contributed by atoms with Crippen LogP contribution in [0, 0.1) is 0 Å². The Balaban J connectivity index is 1.71. The van der Waals surface area contributed by atoms with E-state index < -0.39 is 27.7 Å². The topological polar surface area (TPSA) is 105 Å². The molecule has 2 N–H and O–H groups in total. The van der Waals surface area contributed by atoms with Gasteiger partial charge in [-0.1, -0.05) is 6.92 Å². The zero-order valence-electron chi connectivity index (χ0n) is 14.5. The predicted molar refractivity (Wildman–Crippen MR) is 94.2 cm³/mol. The van der Waals surface area contributed by atoms with Crippen molar-refractivity contribution in [1.82, 2.24) is 20.3 Å². The fourth-order valence-electron chi connectivity index (χ4n) is 2.42. The molecule has 1 amide bonds. The van der Waals surface area contributed by atoms with Crippen LogP contribution in [0.4, 0.5) is 13.2 Å². The van der Waals surface area contributed by atoms with Gasteiger partial charge in [0.25, 0.3) is 5.91 Å². The molecule has 0 atom stereocenters. The molecule has 0 aliphatic heterocycles. The predicted octanol–water partition coefficient (Wildman–Crippen LogP) is 2.70. The van der Waals surface area contributed by atoms with Gasteiger partial charge in [0, 0.05) is 11.8 Å². The highest BCUT2D eigenvalue weighted by atomic mass is 32.2. The Morgan fingerprint density at radius 2 is 1.96 bits per heavy atom. The lowest BCUT2D eigenvalue weighted by Gasteiger charge is -2.06. The minimum Gasteiger partial charge on any atom is -0.346 e. The number of nitrogens with one attached hydrogen (secondary N) is 2. The summed E-state index contributed by atoms with van der Waals surface area (Å²) < 4.78 is 61.6. The van der Waals surface area contributed by atoms with E-state index in [0.717, 1.165) is 0 Å². The molecular formula is C17H15F3N4O3S. The first-order chi connectivity index (χ1) is 13.1. The number of carbonyl (C=O) groups excluding carboxylic acids is 1. The number of rotatable bonds is 5. The maximum atomic E-state index is 12.7. The van der Waals surface area contributed by atoms with Crippen molar-refractivity contribution in [2.24, 2.45) is 0 Å². The van der Waals surface area contributed by atoms with Gasteiger partial charge in [-0.15, -0.1) is 0 Å². The molecule has 148 valence electrons. The number of H-pyrrole nitrogens is 1. The molecular weight excluding hydrogens is 397 g/mol. The minimum absolute atomic E-state index is 0.0279. The Morgan fingerprint density at radius 1 is 1.21 bits per heavy atom. The highest BCUT2D eigenvalue weighted by molar-refractivity contribution is 7.91. The van der Waals surface area contributed by atoms with Gasteiger partial charge in [0.1, 0.15) is 0 Å². The lowest BCUT2D eigenvalue weighted by atomic mass is 10.2. The Hall–Kier alpha value is -2.95. The fraction of sp³-hybridized carbons (Fsp3) is 0.235. The minimum atomic E-state index is -4.61. The summed E-state index contributed by atoms with van der Waals surface area (Å²) >= 11 is 0. The highest BCUT2D eigenvalue weighted by Crippen LogP contribution is 2.28.